The molecule has 0 bridgehead atoms. The number of hydrogen-bond acceptors (Lipinski definition) is 6. The van der Waals surface area contributed by atoms with Crippen molar-refractivity contribution in [2.24, 2.45) is 0 Å². The molecule has 0 unspecified atom stereocenters. The Bertz CT molecular complexity index is 1600. The number of carboxylic acid groups (broad SMARTS) is 1. The van der Waals surface area contributed by atoms with Gasteiger partial charge in [-0.25, -0.2) is 14.2 Å². The molecule has 1 N–H and O–H groups in total. The van der Waals surface area contributed by atoms with Crippen LogP contribution in [0, 0.1) is 5.82 Å². The number of anilines is 1. The lowest BCUT2D eigenvalue weighted by Gasteiger charge is -2.32. The molecule has 4 heterocycles. The summed E-state index contributed by atoms with van der Waals surface area (Å²) in [4.78, 5) is 57.6. The van der Waals surface area contributed by atoms with Gasteiger partial charge in [0, 0.05) is 25.3 Å². The van der Waals surface area contributed by atoms with E-state index in [1.807, 2.05) is 6.92 Å². The van der Waals surface area contributed by atoms with Crippen molar-refractivity contribution >= 4 is 34.6 Å². The summed E-state index contributed by atoms with van der Waals surface area (Å²) in [6.07, 6.45) is 4.45. The molecule has 2 fully saturated rings. The normalized spacial score (nSPS) is 18.8. The summed E-state index contributed by atoms with van der Waals surface area (Å²) >= 11 is 0. The number of carboxylic acids is 1. The summed E-state index contributed by atoms with van der Waals surface area (Å²) in [5.41, 5.74) is 1.79. The Morgan fingerprint density at radius 2 is 1.82 bits per heavy atom. The van der Waals surface area contributed by atoms with Crippen LogP contribution in [-0.4, -0.2) is 57.0 Å². The first-order chi connectivity index (χ1) is 18.2. The van der Waals surface area contributed by atoms with Gasteiger partial charge in [0.25, 0.3) is 11.8 Å². The second kappa shape index (κ2) is 8.90. The fraction of sp³-hybridized carbons (Fsp3) is 0.321. The number of rotatable bonds is 5. The number of halogens is 1. The van der Waals surface area contributed by atoms with E-state index < -0.39 is 22.8 Å². The highest BCUT2D eigenvalue weighted by molar-refractivity contribution is 6.21. The van der Waals surface area contributed by atoms with E-state index in [2.05, 4.69) is 4.98 Å². The number of amides is 2. The van der Waals surface area contributed by atoms with Gasteiger partial charge in [0.2, 0.25) is 5.43 Å². The van der Waals surface area contributed by atoms with E-state index in [0.29, 0.717) is 24.2 Å². The number of carbonyl (C=O) groups is 3. The van der Waals surface area contributed by atoms with E-state index in [1.165, 1.54) is 11.1 Å². The van der Waals surface area contributed by atoms with Gasteiger partial charge in [-0.15, -0.1) is 0 Å². The molecule has 10 heteroatoms. The van der Waals surface area contributed by atoms with Crippen LogP contribution in [0.5, 0.6) is 0 Å². The van der Waals surface area contributed by atoms with Crippen LogP contribution in [0.25, 0.3) is 11.0 Å². The van der Waals surface area contributed by atoms with Crippen LogP contribution in [0.3, 0.4) is 0 Å². The van der Waals surface area contributed by atoms with E-state index in [-0.39, 0.29) is 41.3 Å². The van der Waals surface area contributed by atoms with Crippen LogP contribution in [0.1, 0.15) is 69.7 Å². The van der Waals surface area contributed by atoms with Crippen molar-refractivity contribution in [1.82, 2.24) is 14.5 Å². The largest absolute Gasteiger partial charge is 0.477 e. The maximum atomic E-state index is 15.4. The molecule has 0 spiro atoms. The molecule has 6 rings (SSSR count). The summed E-state index contributed by atoms with van der Waals surface area (Å²) in [6, 6.07) is 7.88. The van der Waals surface area contributed by atoms with Gasteiger partial charge >= 0.3 is 5.97 Å². The fourth-order valence-electron chi connectivity index (χ4n) is 5.38. The first kappa shape index (κ1) is 24.0. The van der Waals surface area contributed by atoms with Crippen LogP contribution < -0.4 is 10.3 Å². The molecule has 0 radical (unpaired) electrons. The summed E-state index contributed by atoms with van der Waals surface area (Å²) in [5, 5.41) is 9.41. The lowest BCUT2D eigenvalue weighted by atomic mass is 9.99. The zero-order valence-electron chi connectivity index (χ0n) is 20.7. The second-order valence-corrected chi connectivity index (χ2v) is 10.1. The van der Waals surface area contributed by atoms with Crippen LogP contribution in [0.15, 0.2) is 52.5 Å². The van der Waals surface area contributed by atoms with Crippen LogP contribution in [0.4, 0.5) is 10.2 Å². The van der Waals surface area contributed by atoms with Gasteiger partial charge in [0.1, 0.15) is 11.2 Å². The monoisotopic (exact) mass is 516 g/mol. The van der Waals surface area contributed by atoms with Crippen molar-refractivity contribution in [3.05, 3.63) is 80.4 Å². The van der Waals surface area contributed by atoms with E-state index in [9.17, 15) is 24.3 Å². The van der Waals surface area contributed by atoms with Gasteiger partial charge in [-0.05, 0) is 50.8 Å². The predicted octanol–water partition coefficient (Wildman–Crippen LogP) is 3.78. The van der Waals surface area contributed by atoms with Crippen molar-refractivity contribution in [2.45, 2.75) is 38.6 Å². The number of aromatic nitrogens is 2. The first-order valence-corrected chi connectivity index (χ1v) is 12.6. The molecule has 1 aliphatic carbocycles. The minimum absolute atomic E-state index is 0.0285. The van der Waals surface area contributed by atoms with Gasteiger partial charge in [0.05, 0.1) is 23.1 Å². The zero-order chi connectivity index (χ0) is 26.7. The smallest absolute Gasteiger partial charge is 0.341 e. The summed E-state index contributed by atoms with van der Waals surface area (Å²) in [7, 11) is 0. The van der Waals surface area contributed by atoms with E-state index in [1.54, 1.807) is 33.7 Å². The molecule has 2 aliphatic heterocycles. The van der Waals surface area contributed by atoms with Crippen molar-refractivity contribution in [3.63, 3.8) is 0 Å². The van der Waals surface area contributed by atoms with E-state index >= 15 is 4.39 Å². The molecular formula is C28H25FN4O5. The Morgan fingerprint density at radius 1 is 1.13 bits per heavy atom. The second-order valence-electron chi connectivity index (χ2n) is 10.1. The lowest BCUT2D eigenvalue weighted by molar-refractivity contribution is 0.0662. The van der Waals surface area contributed by atoms with Crippen LogP contribution >= 0.6 is 0 Å². The third-order valence-corrected chi connectivity index (χ3v) is 7.57. The van der Waals surface area contributed by atoms with Crippen LogP contribution in [0.2, 0.25) is 0 Å². The third kappa shape index (κ3) is 3.87. The molecule has 9 nitrogen and oxygen atoms in total. The SMILES string of the molecule is CC(CN1C(=O)c2ccccc2C1=O)=C1CCCN(c2nc3c(cc2F)c(=O)c(C(=O)O)cn3C2CC2)C1. The van der Waals surface area contributed by atoms with E-state index in [0.717, 1.165) is 42.9 Å². The van der Waals surface area contributed by atoms with Gasteiger partial charge in [0.15, 0.2) is 11.6 Å². The quantitative estimate of drug-likeness (QED) is 0.406. The molecule has 38 heavy (non-hydrogen) atoms. The standard InChI is InChI=1S/C28H25FN4O5/c1-15(12-33-26(35)18-6-2-3-7-19(18)27(33)36)16-5-4-10-31(13-16)25-22(29)11-20-23(34)21(28(37)38)14-32(17-8-9-17)24(20)30-25/h2-3,6-7,11,14,17H,4-5,8-10,12-13H2,1H3,(H,37,38). The number of hydrogen-bond donors (Lipinski definition) is 1. The van der Waals surface area contributed by atoms with Crippen LogP contribution in [-0.2, 0) is 0 Å². The number of aromatic carboxylic acids is 1. The Labute approximate surface area is 216 Å². The molecule has 3 aliphatic rings. The summed E-state index contributed by atoms with van der Waals surface area (Å²) in [5.74, 6) is -2.59. The maximum absolute atomic E-state index is 15.4. The van der Waals surface area contributed by atoms with Gasteiger partial charge in [-0.2, -0.15) is 0 Å². The summed E-state index contributed by atoms with van der Waals surface area (Å²) < 4.78 is 17.0. The Balaban J connectivity index is 1.32. The number of pyridine rings is 2. The van der Waals surface area contributed by atoms with Crippen molar-refractivity contribution in [1.29, 1.82) is 0 Å². The van der Waals surface area contributed by atoms with E-state index in [4.69, 9.17) is 0 Å². The highest BCUT2D eigenvalue weighted by Gasteiger charge is 2.35. The molecule has 1 saturated carbocycles. The Morgan fingerprint density at radius 3 is 2.45 bits per heavy atom. The maximum Gasteiger partial charge on any atom is 0.341 e. The zero-order valence-corrected chi connectivity index (χ0v) is 20.7. The molecular weight excluding hydrogens is 491 g/mol. The number of benzene rings is 1. The topological polar surface area (TPSA) is 113 Å². The number of nitrogens with zero attached hydrogens (tertiary/aromatic N) is 4. The number of piperidine rings is 1. The molecule has 1 aromatic carbocycles. The van der Waals surface area contributed by atoms with Crippen molar-refractivity contribution < 1.29 is 23.9 Å². The number of imide groups is 1. The van der Waals surface area contributed by atoms with Gasteiger partial charge in [-0.3, -0.25) is 19.3 Å². The molecule has 2 amide bonds. The predicted molar refractivity (Wildman–Crippen MR) is 137 cm³/mol. The highest BCUT2D eigenvalue weighted by Crippen LogP contribution is 2.37. The number of carbonyl (C=O) groups excluding carboxylic acids is 2. The molecule has 2 aromatic heterocycles. The Kier molecular flexibility index (Phi) is 5.62. The first-order valence-electron chi connectivity index (χ1n) is 12.6. The lowest BCUT2D eigenvalue weighted by Crippen LogP contribution is -2.36. The molecule has 3 aromatic rings. The minimum Gasteiger partial charge on any atom is -0.477 e. The van der Waals surface area contributed by atoms with Crippen molar-refractivity contribution in [2.75, 3.05) is 24.5 Å². The molecule has 0 atom stereocenters. The number of fused-ring (bicyclic) bond motifs is 2. The molecule has 1 saturated heterocycles. The minimum atomic E-state index is -1.35. The van der Waals surface area contributed by atoms with Crippen molar-refractivity contribution in [3.8, 4) is 0 Å². The average Bonchev–Trinajstić information content (AvgIpc) is 3.73. The highest BCUT2D eigenvalue weighted by atomic mass is 19.1. The summed E-state index contributed by atoms with van der Waals surface area (Å²) in [6.45, 7) is 2.94. The third-order valence-electron chi connectivity index (χ3n) is 7.57. The van der Waals surface area contributed by atoms with Gasteiger partial charge in [-0.1, -0.05) is 23.3 Å². The fourth-order valence-corrected chi connectivity index (χ4v) is 5.38. The van der Waals surface area contributed by atoms with Gasteiger partial charge < -0.3 is 14.6 Å². The molecule has 194 valence electrons. The Hall–Kier alpha value is -4.34. The average molecular weight is 517 g/mol.